The fourth-order valence-electron chi connectivity index (χ4n) is 1.98. The van der Waals surface area contributed by atoms with Crippen LogP contribution in [0.3, 0.4) is 0 Å². The van der Waals surface area contributed by atoms with Gasteiger partial charge in [-0.15, -0.1) is 11.3 Å². The molecule has 15 heavy (non-hydrogen) atoms. The van der Waals surface area contributed by atoms with Crippen molar-refractivity contribution in [1.82, 2.24) is 9.97 Å². The summed E-state index contributed by atoms with van der Waals surface area (Å²) in [7, 11) is 0. The van der Waals surface area contributed by atoms with Crippen LogP contribution in [0.2, 0.25) is 0 Å². The van der Waals surface area contributed by atoms with Gasteiger partial charge in [-0.25, -0.2) is 4.98 Å². The molecule has 0 radical (unpaired) electrons. The molecule has 0 amide bonds. The summed E-state index contributed by atoms with van der Waals surface area (Å²) >= 11 is 6.49. The van der Waals surface area contributed by atoms with Gasteiger partial charge in [-0.3, -0.25) is 4.79 Å². The van der Waals surface area contributed by atoms with E-state index in [0.29, 0.717) is 5.16 Å². The Labute approximate surface area is 139 Å². The molecule has 2 aromatic heterocycles. The molecule has 0 saturated heterocycles. The normalized spacial score (nSPS) is 13.9. The van der Waals surface area contributed by atoms with Crippen LogP contribution in [0.25, 0.3) is 10.2 Å². The third-order valence-electron chi connectivity index (χ3n) is 2.55. The number of hydrogen-bond donors (Lipinski definition) is 1. The van der Waals surface area contributed by atoms with Crippen LogP contribution in [0, 0.1) is 0 Å². The second-order valence-corrected chi connectivity index (χ2v) is 4.88. The van der Waals surface area contributed by atoms with E-state index in [1.807, 2.05) is 0 Å². The predicted octanol–water partition coefficient (Wildman–Crippen LogP) is -1.62. The van der Waals surface area contributed by atoms with Crippen molar-refractivity contribution < 1.29 is 51.4 Å². The third-order valence-corrected chi connectivity index (χ3v) is 3.93. The summed E-state index contributed by atoms with van der Waals surface area (Å²) in [4.78, 5) is 20.6. The van der Waals surface area contributed by atoms with Crippen molar-refractivity contribution in [2.24, 2.45) is 0 Å². The molecule has 3 nitrogen and oxygen atoms in total. The number of H-pyrrole nitrogens is 1. The maximum atomic E-state index is 11.7. The number of aromatic amines is 1. The third kappa shape index (κ3) is 1.97. The molecule has 1 N–H and O–H groups in total. The van der Waals surface area contributed by atoms with E-state index < -0.39 is 0 Å². The van der Waals surface area contributed by atoms with Crippen LogP contribution in [0.4, 0.5) is 0 Å². The van der Waals surface area contributed by atoms with Gasteiger partial charge in [-0.1, -0.05) is 0 Å². The summed E-state index contributed by atoms with van der Waals surface area (Å²) in [5.41, 5.74) is 1.13. The summed E-state index contributed by atoms with van der Waals surface area (Å²) in [6.07, 6.45) is 3.26. The van der Waals surface area contributed by atoms with E-state index in [0.717, 1.165) is 29.5 Å². The quantitative estimate of drug-likeness (QED) is 0.353. The number of thiophene rings is 1. The molecule has 0 aliphatic heterocycles. The van der Waals surface area contributed by atoms with Crippen LogP contribution in [0.1, 0.15) is 16.9 Å². The van der Waals surface area contributed by atoms with Gasteiger partial charge in [0.05, 0.1) is 5.39 Å². The van der Waals surface area contributed by atoms with Crippen molar-refractivity contribution in [2.75, 3.05) is 0 Å². The van der Waals surface area contributed by atoms with E-state index in [2.05, 4.69) is 9.97 Å². The summed E-state index contributed by atoms with van der Waals surface area (Å²) in [5, 5.41) is 1.07. The summed E-state index contributed by atoms with van der Waals surface area (Å²) < 4.78 is 0. The number of fused-ring (bicyclic) bond motifs is 3. The van der Waals surface area contributed by atoms with E-state index in [9.17, 15) is 4.79 Å². The Bertz CT molecular complexity index is 575. The first kappa shape index (κ1) is 12.2. The predicted molar refractivity (Wildman–Crippen MR) is 57.9 cm³/mol. The molecule has 72 valence electrons. The van der Waals surface area contributed by atoms with Crippen LogP contribution in [-0.4, -0.2) is 9.97 Å². The van der Waals surface area contributed by atoms with Crippen LogP contribution in [-0.2, 0) is 25.5 Å². The monoisotopic (exact) mass is 262 g/mol. The van der Waals surface area contributed by atoms with E-state index in [1.54, 1.807) is 11.3 Å². The maximum absolute atomic E-state index is 11.7. The first-order chi connectivity index (χ1) is 6.75. The number of aryl methyl sites for hydroxylation is 2. The largest absolute Gasteiger partial charge is 1.00 e. The SMILES string of the molecule is O=c1[nH]c([S-])nc2sc3c(c12)CCC3.[K+]. The molecular weight excluding hydrogens is 255 g/mol. The molecule has 2 heterocycles. The van der Waals surface area contributed by atoms with Gasteiger partial charge in [0.1, 0.15) is 4.83 Å². The van der Waals surface area contributed by atoms with Gasteiger partial charge in [0.2, 0.25) is 0 Å². The van der Waals surface area contributed by atoms with Crippen LogP contribution >= 0.6 is 11.3 Å². The van der Waals surface area contributed by atoms with Crippen molar-refractivity contribution >= 4 is 34.2 Å². The Hall–Kier alpha value is 0.696. The van der Waals surface area contributed by atoms with Crippen molar-refractivity contribution in [2.45, 2.75) is 24.4 Å². The second-order valence-electron chi connectivity index (χ2n) is 3.41. The van der Waals surface area contributed by atoms with Crippen LogP contribution < -0.4 is 56.9 Å². The molecule has 0 unspecified atom stereocenters. The summed E-state index contributed by atoms with van der Waals surface area (Å²) in [6.45, 7) is 0. The van der Waals surface area contributed by atoms with Crippen molar-refractivity contribution in [3.05, 3.63) is 20.8 Å². The van der Waals surface area contributed by atoms with Gasteiger partial charge in [-0.05, 0) is 30.0 Å². The van der Waals surface area contributed by atoms with E-state index in [-0.39, 0.29) is 56.9 Å². The zero-order valence-corrected chi connectivity index (χ0v) is 13.0. The molecule has 1 aliphatic rings. The Morgan fingerprint density at radius 2 is 2.20 bits per heavy atom. The molecule has 6 heteroatoms. The average Bonchev–Trinajstić information content (AvgIpc) is 2.60. The molecule has 0 atom stereocenters. The Morgan fingerprint density at radius 3 is 3.00 bits per heavy atom. The van der Waals surface area contributed by atoms with Gasteiger partial charge >= 0.3 is 51.4 Å². The average molecular weight is 262 g/mol. The smallest absolute Gasteiger partial charge is 0.742 e. The van der Waals surface area contributed by atoms with Gasteiger partial charge in [0.15, 0.2) is 0 Å². The standard InChI is InChI=1S/C9H8N2OS2.K/c12-7-6-4-2-1-3-5(4)14-8(6)11-9(13)10-7;/h1-3H2,(H2,10,11,12,13);/q;+1/p-1. The minimum absolute atomic E-state index is 0. The Balaban J connectivity index is 0.000000853. The fraction of sp³-hybridized carbons (Fsp3) is 0.333. The number of nitrogens with one attached hydrogen (secondary N) is 1. The second kappa shape index (κ2) is 4.52. The van der Waals surface area contributed by atoms with Crippen molar-refractivity contribution in [1.29, 1.82) is 0 Å². The van der Waals surface area contributed by atoms with E-state index in [4.69, 9.17) is 12.6 Å². The van der Waals surface area contributed by atoms with Crippen molar-refractivity contribution in [3.8, 4) is 0 Å². The van der Waals surface area contributed by atoms with E-state index >= 15 is 0 Å². The zero-order valence-electron chi connectivity index (χ0n) is 8.29. The van der Waals surface area contributed by atoms with Crippen LogP contribution in [0.15, 0.2) is 9.95 Å². The van der Waals surface area contributed by atoms with Gasteiger partial charge < -0.3 is 17.6 Å². The Morgan fingerprint density at radius 1 is 1.40 bits per heavy atom. The number of nitrogens with zero attached hydrogens (tertiary/aromatic N) is 1. The molecule has 0 bridgehead atoms. The van der Waals surface area contributed by atoms with E-state index in [1.165, 1.54) is 10.4 Å². The van der Waals surface area contributed by atoms with Gasteiger partial charge in [-0.2, -0.15) is 0 Å². The molecule has 0 saturated carbocycles. The Kier molecular flexibility index (Phi) is 3.66. The van der Waals surface area contributed by atoms with Gasteiger partial charge in [0.25, 0.3) is 5.56 Å². The van der Waals surface area contributed by atoms with Crippen molar-refractivity contribution in [3.63, 3.8) is 0 Å². The molecular formula is C9H7KN2OS2. The molecule has 0 spiro atoms. The number of rotatable bonds is 0. The minimum atomic E-state index is -0.0700. The molecule has 0 aromatic carbocycles. The molecule has 0 fully saturated rings. The van der Waals surface area contributed by atoms with Gasteiger partial charge in [0, 0.05) is 4.88 Å². The molecule has 1 aliphatic carbocycles. The first-order valence-electron chi connectivity index (χ1n) is 4.47. The number of aromatic nitrogens is 2. The van der Waals surface area contributed by atoms with Crippen LogP contribution in [0.5, 0.6) is 0 Å². The zero-order chi connectivity index (χ0) is 9.71. The summed E-state index contributed by atoms with van der Waals surface area (Å²) in [6, 6.07) is 0. The minimum Gasteiger partial charge on any atom is -0.742 e. The first-order valence-corrected chi connectivity index (χ1v) is 5.70. The topological polar surface area (TPSA) is 45.8 Å². The molecule has 3 rings (SSSR count). The fourth-order valence-corrected chi connectivity index (χ4v) is 3.49. The summed E-state index contributed by atoms with van der Waals surface area (Å²) in [5.74, 6) is 0. The maximum Gasteiger partial charge on any atom is 1.00 e. The number of hydrogen-bond acceptors (Lipinski definition) is 4. The molecule has 2 aromatic rings.